The smallest absolute Gasteiger partial charge is 0.315 e. The first-order valence-electron chi connectivity index (χ1n) is 6.78. The van der Waals surface area contributed by atoms with Crippen LogP contribution in [0.1, 0.15) is 13.3 Å². The molecule has 1 aliphatic rings. The van der Waals surface area contributed by atoms with Gasteiger partial charge in [0.15, 0.2) is 6.61 Å². The summed E-state index contributed by atoms with van der Waals surface area (Å²) in [6.07, 6.45) is 0.230. The molecule has 2 rings (SSSR count). The van der Waals surface area contributed by atoms with Gasteiger partial charge in [-0.05, 0) is 19.1 Å². The molecule has 0 saturated heterocycles. The molecule has 1 aromatic carbocycles. The fourth-order valence-electron chi connectivity index (χ4n) is 1.99. The van der Waals surface area contributed by atoms with E-state index in [2.05, 4.69) is 5.32 Å². The molecular weight excluding hydrogens is 363 g/mol. The Morgan fingerprint density at radius 1 is 1.42 bits per heavy atom. The Morgan fingerprint density at radius 2 is 2.04 bits per heavy atom. The van der Waals surface area contributed by atoms with Gasteiger partial charge < -0.3 is 14.8 Å². The molecule has 1 saturated carbocycles. The number of amides is 1. The highest BCUT2D eigenvalue weighted by atomic mass is 35.5. The maximum Gasteiger partial charge on any atom is 0.315 e. The average Bonchev–Trinajstić information content (AvgIpc) is 3.04. The molecule has 24 heavy (non-hydrogen) atoms. The fraction of sp³-hybridized carbons (Fsp3) is 0.429. The number of hydrogen-bond acceptors (Lipinski definition) is 6. The van der Waals surface area contributed by atoms with Crippen molar-refractivity contribution >= 4 is 46.5 Å². The number of ether oxygens (including phenoxy) is 2. The Hall–Kier alpha value is -2.06. The number of benzene rings is 1. The monoisotopic (exact) mass is 376 g/mol. The third kappa shape index (κ3) is 3.54. The van der Waals surface area contributed by atoms with Crippen molar-refractivity contribution in [2.45, 2.75) is 17.7 Å². The summed E-state index contributed by atoms with van der Waals surface area (Å²) in [5, 5.41) is 13.3. The van der Waals surface area contributed by atoms with E-state index in [0.29, 0.717) is 0 Å². The van der Waals surface area contributed by atoms with Crippen molar-refractivity contribution in [1.82, 2.24) is 0 Å². The minimum Gasteiger partial charge on any atom is -0.496 e. The van der Waals surface area contributed by atoms with E-state index in [0.717, 1.165) is 0 Å². The standard InChI is InChI=1S/C14H14Cl2N2O6/c1-13(7-14(13,15)16)12(20)24-6-11(19)17-9-4-3-8(23-2)5-10(9)18(21)22/h3-5H,6-7H2,1-2H3,(H,17,19). The van der Waals surface area contributed by atoms with Crippen LogP contribution in [0.15, 0.2) is 18.2 Å². The van der Waals surface area contributed by atoms with Crippen molar-refractivity contribution in [1.29, 1.82) is 0 Å². The highest BCUT2D eigenvalue weighted by Gasteiger charge is 2.69. The Labute approximate surface area is 147 Å². The Balaban J connectivity index is 1.98. The summed E-state index contributed by atoms with van der Waals surface area (Å²) in [5.41, 5.74) is -1.44. The van der Waals surface area contributed by atoms with Crippen LogP contribution in [-0.2, 0) is 14.3 Å². The highest BCUT2D eigenvalue weighted by molar-refractivity contribution is 6.53. The van der Waals surface area contributed by atoms with Crippen molar-refractivity contribution < 1.29 is 24.0 Å². The van der Waals surface area contributed by atoms with E-state index in [-0.39, 0.29) is 23.5 Å². The molecule has 10 heteroatoms. The maximum absolute atomic E-state index is 11.9. The van der Waals surface area contributed by atoms with Crippen LogP contribution in [-0.4, -0.2) is 34.8 Å². The molecule has 1 N–H and O–H groups in total. The number of anilines is 1. The molecule has 0 aliphatic heterocycles. The van der Waals surface area contributed by atoms with Crippen molar-refractivity contribution in [3.8, 4) is 5.75 Å². The molecular formula is C14H14Cl2N2O6. The third-order valence-electron chi connectivity index (χ3n) is 3.72. The van der Waals surface area contributed by atoms with Crippen LogP contribution in [0.2, 0.25) is 0 Å². The lowest BCUT2D eigenvalue weighted by Gasteiger charge is -2.12. The summed E-state index contributed by atoms with van der Waals surface area (Å²) in [4.78, 5) is 34.1. The molecule has 0 bridgehead atoms. The number of halogens is 2. The third-order valence-corrected chi connectivity index (χ3v) is 4.82. The predicted molar refractivity (Wildman–Crippen MR) is 86.4 cm³/mol. The second-order valence-electron chi connectivity index (χ2n) is 5.48. The van der Waals surface area contributed by atoms with Gasteiger partial charge in [-0.1, -0.05) is 0 Å². The van der Waals surface area contributed by atoms with E-state index < -0.39 is 33.2 Å². The Morgan fingerprint density at radius 3 is 2.54 bits per heavy atom. The van der Waals surface area contributed by atoms with E-state index >= 15 is 0 Å². The van der Waals surface area contributed by atoms with E-state index in [1.165, 1.54) is 32.2 Å². The summed E-state index contributed by atoms with van der Waals surface area (Å²) >= 11 is 11.7. The van der Waals surface area contributed by atoms with Crippen LogP contribution in [0.25, 0.3) is 0 Å². The Bertz CT molecular complexity index is 709. The molecule has 0 heterocycles. The molecule has 1 aliphatic carbocycles. The van der Waals surface area contributed by atoms with Crippen LogP contribution in [0.5, 0.6) is 5.75 Å². The molecule has 1 amide bonds. The Kier molecular flexibility index (Phi) is 4.91. The number of methoxy groups -OCH3 is 1. The summed E-state index contributed by atoms with van der Waals surface area (Å²) in [7, 11) is 1.36. The zero-order valence-electron chi connectivity index (χ0n) is 12.8. The van der Waals surface area contributed by atoms with Gasteiger partial charge in [0.25, 0.3) is 11.6 Å². The second-order valence-corrected chi connectivity index (χ2v) is 6.96. The number of nitrogens with zero attached hydrogens (tertiary/aromatic N) is 1. The first kappa shape index (κ1) is 18.3. The van der Waals surface area contributed by atoms with Gasteiger partial charge in [0, 0.05) is 6.42 Å². The number of rotatable bonds is 6. The van der Waals surface area contributed by atoms with Gasteiger partial charge >= 0.3 is 5.97 Å². The zero-order chi connectivity index (χ0) is 18.1. The van der Waals surface area contributed by atoms with Crippen LogP contribution in [0.3, 0.4) is 0 Å². The topological polar surface area (TPSA) is 108 Å². The van der Waals surface area contributed by atoms with E-state index in [4.69, 9.17) is 32.7 Å². The van der Waals surface area contributed by atoms with E-state index in [9.17, 15) is 19.7 Å². The number of carbonyl (C=O) groups excluding carboxylic acids is 2. The second kappa shape index (κ2) is 6.45. The maximum atomic E-state index is 11.9. The lowest BCUT2D eigenvalue weighted by Crippen LogP contribution is -2.27. The quantitative estimate of drug-likeness (QED) is 0.353. The van der Waals surface area contributed by atoms with Gasteiger partial charge in [-0.3, -0.25) is 19.7 Å². The summed E-state index contributed by atoms with van der Waals surface area (Å²) in [6.45, 7) is 0.920. The van der Waals surface area contributed by atoms with Crippen LogP contribution >= 0.6 is 23.2 Å². The predicted octanol–water partition coefficient (Wildman–Crippen LogP) is 2.67. The van der Waals surface area contributed by atoms with Gasteiger partial charge in [-0.15, -0.1) is 23.2 Å². The summed E-state index contributed by atoms with van der Waals surface area (Å²) in [6, 6.07) is 3.94. The van der Waals surface area contributed by atoms with Gasteiger partial charge in [-0.2, -0.15) is 0 Å². The highest BCUT2D eigenvalue weighted by Crippen LogP contribution is 2.64. The van der Waals surface area contributed by atoms with Crippen molar-refractivity contribution in [2.75, 3.05) is 19.0 Å². The molecule has 0 aromatic heterocycles. The van der Waals surface area contributed by atoms with Crippen molar-refractivity contribution in [3.05, 3.63) is 28.3 Å². The number of nitrogens with one attached hydrogen (secondary N) is 1. The van der Waals surface area contributed by atoms with Gasteiger partial charge in [0.1, 0.15) is 21.2 Å². The van der Waals surface area contributed by atoms with Gasteiger partial charge in [0.2, 0.25) is 0 Å². The molecule has 8 nitrogen and oxygen atoms in total. The first-order chi connectivity index (χ1) is 11.1. The summed E-state index contributed by atoms with van der Waals surface area (Å²) in [5.74, 6) is -1.16. The molecule has 1 unspecified atom stereocenters. The number of nitro benzene ring substituents is 1. The zero-order valence-corrected chi connectivity index (χ0v) is 14.3. The number of nitro groups is 1. The number of carbonyl (C=O) groups is 2. The van der Waals surface area contributed by atoms with Crippen molar-refractivity contribution in [3.63, 3.8) is 0 Å². The normalized spacial score (nSPS) is 20.8. The van der Waals surface area contributed by atoms with Gasteiger partial charge in [-0.25, -0.2) is 0 Å². The van der Waals surface area contributed by atoms with Gasteiger partial charge in [0.05, 0.1) is 18.1 Å². The van der Waals surface area contributed by atoms with Crippen LogP contribution in [0.4, 0.5) is 11.4 Å². The number of alkyl halides is 2. The minimum absolute atomic E-state index is 0.0384. The first-order valence-corrected chi connectivity index (χ1v) is 7.53. The van der Waals surface area contributed by atoms with Crippen LogP contribution in [0, 0.1) is 15.5 Å². The lowest BCUT2D eigenvalue weighted by atomic mass is 10.1. The fourth-order valence-corrected chi connectivity index (χ4v) is 2.68. The number of esters is 1. The van der Waals surface area contributed by atoms with E-state index in [1.54, 1.807) is 0 Å². The SMILES string of the molecule is COc1ccc(NC(=O)COC(=O)C2(C)CC2(Cl)Cl)c([N+](=O)[O-])c1. The number of hydrogen-bond donors (Lipinski definition) is 1. The van der Waals surface area contributed by atoms with Crippen LogP contribution < -0.4 is 10.1 Å². The molecule has 0 radical (unpaired) electrons. The molecule has 1 aromatic rings. The van der Waals surface area contributed by atoms with E-state index in [1.807, 2.05) is 0 Å². The lowest BCUT2D eigenvalue weighted by molar-refractivity contribution is -0.384. The largest absolute Gasteiger partial charge is 0.496 e. The molecule has 130 valence electrons. The summed E-state index contributed by atoms with van der Waals surface area (Å²) < 4.78 is 8.57. The molecule has 1 atom stereocenters. The average molecular weight is 377 g/mol. The van der Waals surface area contributed by atoms with Crippen molar-refractivity contribution in [2.24, 2.45) is 5.41 Å². The molecule has 1 fully saturated rings. The minimum atomic E-state index is -1.20. The molecule has 0 spiro atoms.